The summed E-state index contributed by atoms with van der Waals surface area (Å²) in [4.78, 5) is 2.58. The first-order valence-electron chi connectivity index (χ1n) is 6.81. The second kappa shape index (κ2) is 6.06. The molecular formula is C15H24N2. The molecule has 1 aliphatic rings. The minimum atomic E-state index is 0.939. The van der Waals surface area contributed by atoms with Crippen LogP contribution in [0.2, 0.25) is 0 Å². The van der Waals surface area contributed by atoms with E-state index in [0.717, 1.165) is 12.5 Å². The van der Waals surface area contributed by atoms with Crippen molar-refractivity contribution in [2.45, 2.75) is 26.7 Å². The number of nitrogens with zero attached hydrogens (tertiary/aromatic N) is 1. The molecule has 17 heavy (non-hydrogen) atoms. The number of likely N-dealkylation sites (tertiary alicyclic amines) is 1. The minimum absolute atomic E-state index is 0.939. The molecule has 0 spiro atoms. The molecule has 1 fully saturated rings. The Balaban J connectivity index is 1.68. The molecule has 2 rings (SSSR count). The van der Waals surface area contributed by atoms with E-state index in [1.54, 1.807) is 0 Å². The monoisotopic (exact) mass is 232 g/mol. The maximum atomic E-state index is 3.49. The molecule has 1 aromatic rings. The number of benzene rings is 1. The summed E-state index contributed by atoms with van der Waals surface area (Å²) in [6, 6.07) is 8.64. The predicted octanol–water partition coefficient (Wildman–Crippen LogP) is 3.14. The first-order valence-corrected chi connectivity index (χ1v) is 6.81. The third-order valence-electron chi connectivity index (χ3n) is 3.76. The first kappa shape index (κ1) is 12.4. The van der Waals surface area contributed by atoms with Crippen molar-refractivity contribution >= 4 is 5.69 Å². The Bertz CT molecular complexity index is 331. The van der Waals surface area contributed by atoms with Gasteiger partial charge in [-0.15, -0.1) is 0 Å². The van der Waals surface area contributed by atoms with E-state index in [0.29, 0.717) is 0 Å². The third kappa shape index (κ3) is 3.74. The van der Waals surface area contributed by atoms with Crippen LogP contribution < -0.4 is 5.32 Å². The van der Waals surface area contributed by atoms with Crippen molar-refractivity contribution in [3.63, 3.8) is 0 Å². The standard InChI is InChI=1S/C15H24N2/c1-3-14-8-10-17(12-14)11-9-16-15-6-4-13(2)5-7-15/h4-7,14,16H,3,8-12H2,1-2H3. The van der Waals surface area contributed by atoms with Gasteiger partial charge in [-0.1, -0.05) is 31.0 Å². The van der Waals surface area contributed by atoms with Crippen molar-refractivity contribution in [2.75, 3.05) is 31.5 Å². The van der Waals surface area contributed by atoms with Crippen LogP contribution in [0.4, 0.5) is 5.69 Å². The van der Waals surface area contributed by atoms with Crippen LogP contribution in [0.15, 0.2) is 24.3 Å². The Morgan fingerprint density at radius 1 is 1.29 bits per heavy atom. The topological polar surface area (TPSA) is 15.3 Å². The van der Waals surface area contributed by atoms with E-state index < -0.39 is 0 Å². The largest absolute Gasteiger partial charge is 0.384 e. The fraction of sp³-hybridized carbons (Fsp3) is 0.600. The van der Waals surface area contributed by atoms with Gasteiger partial charge < -0.3 is 10.2 Å². The molecule has 0 aliphatic carbocycles. The fourth-order valence-corrected chi connectivity index (χ4v) is 2.48. The highest BCUT2D eigenvalue weighted by Crippen LogP contribution is 2.18. The minimum Gasteiger partial charge on any atom is -0.384 e. The van der Waals surface area contributed by atoms with Crippen LogP contribution in [-0.4, -0.2) is 31.1 Å². The lowest BCUT2D eigenvalue weighted by Gasteiger charge is -2.16. The molecule has 1 saturated heterocycles. The van der Waals surface area contributed by atoms with Gasteiger partial charge in [-0.05, 0) is 37.9 Å². The summed E-state index contributed by atoms with van der Waals surface area (Å²) in [5.74, 6) is 0.939. The maximum absolute atomic E-state index is 3.49. The van der Waals surface area contributed by atoms with Crippen molar-refractivity contribution in [1.82, 2.24) is 4.90 Å². The zero-order valence-electron chi connectivity index (χ0n) is 11.1. The van der Waals surface area contributed by atoms with Crippen molar-refractivity contribution in [2.24, 2.45) is 5.92 Å². The van der Waals surface area contributed by atoms with Crippen LogP contribution in [-0.2, 0) is 0 Å². The second-order valence-electron chi connectivity index (χ2n) is 5.16. The number of anilines is 1. The van der Waals surface area contributed by atoms with Crippen molar-refractivity contribution in [3.8, 4) is 0 Å². The molecule has 2 heteroatoms. The zero-order chi connectivity index (χ0) is 12.1. The van der Waals surface area contributed by atoms with Crippen LogP contribution in [0.25, 0.3) is 0 Å². The lowest BCUT2D eigenvalue weighted by molar-refractivity contribution is 0.335. The summed E-state index contributed by atoms with van der Waals surface area (Å²) in [6.07, 6.45) is 2.73. The Kier molecular flexibility index (Phi) is 4.43. The summed E-state index contributed by atoms with van der Waals surface area (Å²) in [5, 5.41) is 3.49. The van der Waals surface area contributed by atoms with Crippen LogP contribution in [0.3, 0.4) is 0 Å². The molecule has 1 heterocycles. The van der Waals surface area contributed by atoms with E-state index in [1.807, 2.05) is 0 Å². The van der Waals surface area contributed by atoms with Gasteiger partial charge in [0.15, 0.2) is 0 Å². The second-order valence-corrected chi connectivity index (χ2v) is 5.16. The van der Waals surface area contributed by atoms with Crippen LogP contribution in [0.5, 0.6) is 0 Å². The Morgan fingerprint density at radius 2 is 2.06 bits per heavy atom. The van der Waals surface area contributed by atoms with Gasteiger partial charge in [0.1, 0.15) is 0 Å². The average Bonchev–Trinajstić information content (AvgIpc) is 2.80. The van der Waals surface area contributed by atoms with Crippen LogP contribution >= 0.6 is 0 Å². The number of rotatable bonds is 5. The highest BCUT2D eigenvalue weighted by Gasteiger charge is 2.19. The van der Waals surface area contributed by atoms with Crippen molar-refractivity contribution < 1.29 is 0 Å². The Morgan fingerprint density at radius 3 is 2.71 bits per heavy atom. The molecule has 1 aromatic carbocycles. The molecule has 0 amide bonds. The Labute approximate surface area is 105 Å². The summed E-state index contributed by atoms with van der Waals surface area (Å²) in [7, 11) is 0. The first-order chi connectivity index (χ1) is 8.28. The van der Waals surface area contributed by atoms with Gasteiger partial charge >= 0.3 is 0 Å². The van der Waals surface area contributed by atoms with E-state index >= 15 is 0 Å². The van der Waals surface area contributed by atoms with Gasteiger partial charge in [0.05, 0.1) is 0 Å². The van der Waals surface area contributed by atoms with E-state index in [1.165, 1.54) is 43.7 Å². The van der Waals surface area contributed by atoms with E-state index in [9.17, 15) is 0 Å². The smallest absolute Gasteiger partial charge is 0.0340 e. The SMILES string of the molecule is CCC1CCN(CCNc2ccc(C)cc2)C1. The lowest BCUT2D eigenvalue weighted by Crippen LogP contribution is -2.26. The molecule has 0 saturated carbocycles. The average molecular weight is 232 g/mol. The molecule has 0 aromatic heterocycles. The summed E-state index contributed by atoms with van der Waals surface area (Å²) in [5.41, 5.74) is 2.56. The van der Waals surface area contributed by atoms with Gasteiger partial charge in [0, 0.05) is 25.3 Å². The van der Waals surface area contributed by atoms with Gasteiger partial charge in [-0.2, -0.15) is 0 Å². The molecular weight excluding hydrogens is 208 g/mol. The quantitative estimate of drug-likeness (QED) is 0.839. The van der Waals surface area contributed by atoms with E-state index in [4.69, 9.17) is 0 Å². The van der Waals surface area contributed by atoms with E-state index in [-0.39, 0.29) is 0 Å². The van der Waals surface area contributed by atoms with Gasteiger partial charge in [-0.25, -0.2) is 0 Å². The van der Waals surface area contributed by atoms with Crippen LogP contribution in [0.1, 0.15) is 25.3 Å². The molecule has 2 nitrogen and oxygen atoms in total. The molecule has 1 atom stereocenters. The highest BCUT2D eigenvalue weighted by molar-refractivity contribution is 5.44. The molecule has 1 N–H and O–H groups in total. The highest BCUT2D eigenvalue weighted by atomic mass is 15.2. The van der Waals surface area contributed by atoms with Crippen LogP contribution in [0, 0.1) is 12.8 Å². The van der Waals surface area contributed by atoms with E-state index in [2.05, 4.69) is 48.3 Å². The molecule has 1 aliphatic heterocycles. The normalized spacial score (nSPS) is 20.7. The summed E-state index contributed by atoms with van der Waals surface area (Å²) in [6.45, 7) is 9.24. The van der Waals surface area contributed by atoms with Gasteiger partial charge in [-0.3, -0.25) is 0 Å². The fourth-order valence-electron chi connectivity index (χ4n) is 2.48. The van der Waals surface area contributed by atoms with Gasteiger partial charge in [0.25, 0.3) is 0 Å². The summed E-state index contributed by atoms with van der Waals surface area (Å²) >= 11 is 0. The number of nitrogens with one attached hydrogen (secondary N) is 1. The number of aryl methyl sites for hydroxylation is 1. The van der Waals surface area contributed by atoms with Crippen molar-refractivity contribution in [3.05, 3.63) is 29.8 Å². The molecule has 0 bridgehead atoms. The molecule has 94 valence electrons. The predicted molar refractivity (Wildman–Crippen MR) is 74.5 cm³/mol. The maximum Gasteiger partial charge on any atom is 0.0340 e. The lowest BCUT2D eigenvalue weighted by atomic mass is 10.1. The zero-order valence-corrected chi connectivity index (χ0v) is 11.1. The third-order valence-corrected chi connectivity index (χ3v) is 3.76. The molecule has 0 radical (unpaired) electrons. The summed E-state index contributed by atoms with van der Waals surface area (Å²) < 4.78 is 0. The number of hydrogen-bond donors (Lipinski definition) is 1. The Hall–Kier alpha value is -1.02. The number of hydrogen-bond acceptors (Lipinski definition) is 2. The van der Waals surface area contributed by atoms with Crippen molar-refractivity contribution in [1.29, 1.82) is 0 Å². The van der Waals surface area contributed by atoms with Gasteiger partial charge in [0.2, 0.25) is 0 Å². The molecule has 1 unspecified atom stereocenters.